The molecule has 3 nitrogen and oxygen atoms in total. The highest BCUT2D eigenvalue weighted by molar-refractivity contribution is 9.10. The van der Waals surface area contributed by atoms with Gasteiger partial charge in [-0.05, 0) is 50.7 Å². The number of benzene rings is 1. The minimum Gasteiger partial charge on any atom is -0.370 e. The zero-order chi connectivity index (χ0) is 13.8. The summed E-state index contributed by atoms with van der Waals surface area (Å²) in [7, 11) is 2.12. The topological polar surface area (TPSA) is 30.3 Å². The molecule has 1 aliphatic heterocycles. The van der Waals surface area contributed by atoms with Gasteiger partial charge < -0.3 is 9.80 Å². The second-order valence-electron chi connectivity index (χ2n) is 5.23. The number of hydrogen-bond acceptors (Lipinski definition) is 3. The van der Waals surface area contributed by atoms with Gasteiger partial charge >= 0.3 is 0 Å². The summed E-state index contributed by atoms with van der Waals surface area (Å²) in [6.07, 6.45) is 1.75. The fourth-order valence-electron chi connectivity index (χ4n) is 2.56. The van der Waals surface area contributed by atoms with Crippen LogP contribution < -0.4 is 4.90 Å². The fourth-order valence-corrected chi connectivity index (χ4v) is 2.81. The predicted octanol–water partition coefficient (Wildman–Crippen LogP) is 3.18. The third-order valence-electron chi connectivity index (χ3n) is 3.83. The van der Waals surface area contributed by atoms with Crippen molar-refractivity contribution >= 4 is 21.6 Å². The van der Waals surface area contributed by atoms with Crippen molar-refractivity contribution in [2.45, 2.75) is 25.8 Å². The molecule has 19 heavy (non-hydrogen) atoms. The van der Waals surface area contributed by atoms with Crippen molar-refractivity contribution in [2.24, 2.45) is 0 Å². The molecule has 0 spiro atoms. The van der Waals surface area contributed by atoms with Crippen molar-refractivity contribution in [3.8, 4) is 6.07 Å². The smallest absolute Gasteiger partial charge is 0.0638 e. The lowest BCUT2D eigenvalue weighted by atomic mass is 10.1. The number of likely N-dealkylation sites (N-methyl/N-ethyl adjacent to an activating group) is 1. The van der Waals surface area contributed by atoms with Gasteiger partial charge in [0.15, 0.2) is 0 Å². The normalized spacial score (nSPS) is 20.9. The average Bonchev–Trinajstić information content (AvgIpc) is 2.56. The molecule has 1 aromatic carbocycles. The Morgan fingerprint density at radius 1 is 1.42 bits per heavy atom. The molecule has 0 aromatic heterocycles. The number of hydrogen-bond donors (Lipinski definition) is 0. The zero-order valence-electron chi connectivity index (χ0n) is 11.6. The van der Waals surface area contributed by atoms with Crippen molar-refractivity contribution in [1.82, 2.24) is 4.90 Å². The Morgan fingerprint density at radius 2 is 2.21 bits per heavy atom. The molecule has 102 valence electrons. The molecule has 1 saturated heterocycles. The van der Waals surface area contributed by atoms with E-state index in [4.69, 9.17) is 5.26 Å². The van der Waals surface area contributed by atoms with Gasteiger partial charge in [0, 0.05) is 29.3 Å². The molecule has 0 radical (unpaired) electrons. The first-order valence-electron chi connectivity index (χ1n) is 6.70. The van der Waals surface area contributed by atoms with Crippen molar-refractivity contribution in [2.75, 3.05) is 31.6 Å². The SMILES string of the molecule is Cc1cc(N2CCCN(C)C(CC#N)C2)ccc1Br. The van der Waals surface area contributed by atoms with Crippen molar-refractivity contribution in [3.05, 3.63) is 28.2 Å². The van der Waals surface area contributed by atoms with Gasteiger partial charge in [0.25, 0.3) is 0 Å². The molecule has 1 heterocycles. The summed E-state index contributed by atoms with van der Waals surface area (Å²) in [5.74, 6) is 0. The van der Waals surface area contributed by atoms with Crippen molar-refractivity contribution in [1.29, 1.82) is 5.26 Å². The number of aryl methyl sites for hydroxylation is 1. The first-order valence-corrected chi connectivity index (χ1v) is 7.49. The predicted molar refractivity (Wildman–Crippen MR) is 82.4 cm³/mol. The highest BCUT2D eigenvalue weighted by Gasteiger charge is 2.22. The molecular formula is C15H20BrN3. The van der Waals surface area contributed by atoms with Gasteiger partial charge in [-0.3, -0.25) is 0 Å². The Bertz CT molecular complexity index is 481. The first kappa shape index (κ1) is 14.4. The quantitative estimate of drug-likeness (QED) is 0.838. The molecule has 0 amide bonds. The zero-order valence-corrected chi connectivity index (χ0v) is 13.2. The molecule has 0 saturated carbocycles. The van der Waals surface area contributed by atoms with E-state index in [2.05, 4.69) is 64.0 Å². The molecule has 1 unspecified atom stereocenters. The van der Waals surface area contributed by atoms with E-state index in [1.807, 2.05) is 0 Å². The molecule has 0 N–H and O–H groups in total. The van der Waals surface area contributed by atoms with Crippen LogP contribution in [0.3, 0.4) is 0 Å². The lowest BCUT2D eigenvalue weighted by Crippen LogP contribution is -2.38. The molecule has 0 aliphatic carbocycles. The number of rotatable bonds is 2. The molecule has 1 atom stereocenters. The Balaban J connectivity index is 2.18. The van der Waals surface area contributed by atoms with Crippen LogP contribution in [0.5, 0.6) is 0 Å². The second-order valence-corrected chi connectivity index (χ2v) is 6.08. The van der Waals surface area contributed by atoms with Gasteiger partial charge in [-0.2, -0.15) is 5.26 Å². The Kier molecular flexibility index (Phi) is 4.84. The van der Waals surface area contributed by atoms with Crippen LogP contribution >= 0.6 is 15.9 Å². The minimum atomic E-state index is 0.330. The first-order chi connectivity index (χ1) is 9.11. The second kappa shape index (κ2) is 6.40. The van der Waals surface area contributed by atoms with Gasteiger partial charge in [-0.25, -0.2) is 0 Å². The number of nitrogens with zero attached hydrogens (tertiary/aromatic N) is 3. The molecule has 4 heteroatoms. The van der Waals surface area contributed by atoms with Crippen LogP contribution in [0, 0.1) is 18.3 Å². The van der Waals surface area contributed by atoms with Crippen LogP contribution in [-0.4, -0.2) is 37.6 Å². The Morgan fingerprint density at radius 3 is 2.89 bits per heavy atom. The van der Waals surface area contributed by atoms with Crippen LogP contribution in [0.1, 0.15) is 18.4 Å². The number of halogens is 1. The van der Waals surface area contributed by atoms with Gasteiger partial charge in [-0.1, -0.05) is 15.9 Å². The van der Waals surface area contributed by atoms with Gasteiger partial charge in [0.2, 0.25) is 0 Å². The standard InChI is InChI=1S/C15H20BrN3/c1-12-10-13(4-5-15(12)16)19-9-3-8-18(2)14(11-19)6-7-17/h4-5,10,14H,3,6,8-9,11H2,1-2H3. The summed E-state index contributed by atoms with van der Waals surface area (Å²) < 4.78 is 1.15. The monoisotopic (exact) mass is 321 g/mol. The van der Waals surface area contributed by atoms with E-state index in [9.17, 15) is 0 Å². The maximum atomic E-state index is 8.96. The van der Waals surface area contributed by atoms with E-state index < -0.39 is 0 Å². The summed E-state index contributed by atoms with van der Waals surface area (Å²) in [5, 5.41) is 8.96. The van der Waals surface area contributed by atoms with Crippen LogP contribution in [0.2, 0.25) is 0 Å². The molecular weight excluding hydrogens is 302 g/mol. The fraction of sp³-hybridized carbons (Fsp3) is 0.533. The van der Waals surface area contributed by atoms with E-state index in [0.29, 0.717) is 12.5 Å². The Labute approximate surface area is 123 Å². The van der Waals surface area contributed by atoms with Crippen molar-refractivity contribution in [3.63, 3.8) is 0 Å². The summed E-state index contributed by atoms with van der Waals surface area (Å²) in [6.45, 7) is 5.18. The maximum absolute atomic E-state index is 8.96. The highest BCUT2D eigenvalue weighted by Crippen LogP contribution is 2.25. The lowest BCUT2D eigenvalue weighted by Gasteiger charge is -2.28. The van der Waals surface area contributed by atoms with E-state index in [-0.39, 0.29) is 0 Å². The number of nitriles is 1. The lowest BCUT2D eigenvalue weighted by molar-refractivity contribution is 0.264. The summed E-state index contributed by atoms with van der Waals surface area (Å²) in [6, 6.07) is 9.13. The van der Waals surface area contributed by atoms with Gasteiger partial charge in [-0.15, -0.1) is 0 Å². The average molecular weight is 322 g/mol. The van der Waals surface area contributed by atoms with Crippen molar-refractivity contribution < 1.29 is 0 Å². The van der Waals surface area contributed by atoms with E-state index in [1.54, 1.807) is 0 Å². The molecule has 1 fully saturated rings. The largest absolute Gasteiger partial charge is 0.370 e. The molecule has 0 bridgehead atoms. The van der Waals surface area contributed by atoms with E-state index in [1.165, 1.54) is 11.3 Å². The molecule has 1 aromatic rings. The summed E-state index contributed by atoms with van der Waals surface area (Å²) >= 11 is 3.55. The number of anilines is 1. The molecule has 2 rings (SSSR count). The van der Waals surface area contributed by atoms with E-state index >= 15 is 0 Å². The third kappa shape index (κ3) is 3.49. The molecule has 1 aliphatic rings. The highest BCUT2D eigenvalue weighted by atomic mass is 79.9. The summed E-state index contributed by atoms with van der Waals surface area (Å²) in [5.41, 5.74) is 2.52. The third-order valence-corrected chi connectivity index (χ3v) is 4.72. The van der Waals surface area contributed by atoms with Crippen LogP contribution in [-0.2, 0) is 0 Å². The minimum absolute atomic E-state index is 0.330. The van der Waals surface area contributed by atoms with Crippen LogP contribution in [0.15, 0.2) is 22.7 Å². The van der Waals surface area contributed by atoms with Crippen LogP contribution in [0.4, 0.5) is 5.69 Å². The van der Waals surface area contributed by atoms with Gasteiger partial charge in [0.05, 0.1) is 12.5 Å². The summed E-state index contributed by atoms with van der Waals surface area (Å²) in [4.78, 5) is 4.72. The van der Waals surface area contributed by atoms with Gasteiger partial charge in [0.1, 0.15) is 0 Å². The van der Waals surface area contributed by atoms with Crippen LogP contribution in [0.25, 0.3) is 0 Å². The Hall–Kier alpha value is -1.05. The van der Waals surface area contributed by atoms with E-state index in [0.717, 1.165) is 30.5 Å². The maximum Gasteiger partial charge on any atom is 0.0638 e.